The van der Waals surface area contributed by atoms with E-state index in [0.717, 1.165) is 22.4 Å². The Labute approximate surface area is 283 Å². The molecule has 5 heterocycles. The molecular weight excluding hydrogens is 628 g/mol. The molecule has 2 unspecified atom stereocenters. The summed E-state index contributed by atoms with van der Waals surface area (Å²) in [6.07, 6.45) is 1.13. The van der Waals surface area contributed by atoms with Gasteiger partial charge in [-0.05, 0) is 47.9 Å². The third kappa shape index (κ3) is 5.03. The number of oxazole rings is 2. The van der Waals surface area contributed by atoms with Gasteiger partial charge in [0.1, 0.15) is 29.1 Å². The SMILES string of the molecule is CCC(O)(CC)C(=O)CC1Cc2ccc3c(c2)C2(c4ccccc4N[C@H]2O3)c2oc(nc2-c2nc(C(=O)OC)co2)[C@H](C(C)(C)C)NC1=O. The molecule has 2 aromatic carbocycles. The number of Topliss-reactive ketones (excluding diaryl/α,β-unsaturated/α-hetero) is 1. The van der Waals surface area contributed by atoms with Crippen molar-refractivity contribution in [3.05, 3.63) is 82.8 Å². The van der Waals surface area contributed by atoms with Crippen LogP contribution in [0.1, 0.15) is 98.8 Å². The van der Waals surface area contributed by atoms with Crippen LogP contribution in [-0.4, -0.2) is 51.7 Å². The number of aliphatic hydroxyl groups is 1. The van der Waals surface area contributed by atoms with E-state index in [9.17, 15) is 19.5 Å². The van der Waals surface area contributed by atoms with E-state index in [-0.39, 0.29) is 60.5 Å². The highest BCUT2D eigenvalue weighted by Gasteiger charge is 2.61. The van der Waals surface area contributed by atoms with Crippen LogP contribution in [-0.2, 0) is 26.2 Å². The predicted octanol–water partition coefficient (Wildman–Crippen LogP) is 5.48. The van der Waals surface area contributed by atoms with Crippen molar-refractivity contribution in [2.45, 2.75) is 83.6 Å². The van der Waals surface area contributed by atoms with Gasteiger partial charge >= 0.3 is 5.97 Å². The highest BCUT2D eigenvalue weighted by atomic mass is 16.5. The topological polar surface area (TPSA) is 166 Å². The summed E-state index contributed by atoms with van der Waals surface area (Å²) in [4.78, 5) is 49.6. The fourth-order valence-electron chi connectivity index (χ4n) is 7.32. The van der Waals surface area contributed by atoms with Gasteiger partial charge in [0.05, 0.1) is 7.11 Å². The van der Waals surface area contributed by atoms with Gasteiger partial charge in [-0.2, -0.15) is 0 Å². The van der Waals surface area contributed by atoms with Crippen molar-refractivity contribution in [1.29, 1.82) is 0 Å². The molecular formula is C37H40N4O8. The zero-order chi connectivity index (χ0) is 34.9. The van der Waals surface area contributed by atoms with Gasteiger partial charge < -0.3 is 34.0 Å². The van der Waals surface area contributed by atoms with Gasteiger partial charge in [-0.3, -0.25) is 9.59 Å². The van der Waals surface area contributed by atoms with E-state index in [2.05, 4.69) is 15.6 Å². The molecule has 3 aliphatic rings. The summed E-state index contributed by atoms with van der Waals surface area (Å²) in [5, 5.41) is 17.8. The van der Waals surface area contributed by atoms with Gasteiger partial charge in [0, 0.05) is 23.6 Å². The fourth-order valence-corrected chi connectivity index (χ4v) is 7.32. The molecule has 7 rings (SSSR count). The van der Waals surface area contributed by atoms with E-state index < -0.39 is 40.6 Å². The van der Waals surface area contributed by atoms with Crippen molar-refractivity contribution in [1.82, 2.24) is 15.3 Å². The lowest BCUT2D eigenvalue weighted by molar-refractivity contribution is -0.142. The highest BCUT2D eigenvalue weighted by molar-refractivity contribution is 5.92. The maximum absolute atomic E-state index is 14.3. The Morgan fingerprint density at radius 2 is 1.82 bits per heavy atom. The van der Waals surface area contributed by atoms with E-state index in [0.29, 0.717) is 11.5 Å². The molecule has 1 amide bonds. The average Bonchev–Trinajstić information content (AvgIpc) is 3.86. The van der Waals surface area contributed by atoms with Gasteiger partial charge in [-0.15, -0.1) is 0 Å². The number of esters is 1. The first-order chi connectivity index (χ1) is 23.3. The lowest BCUT2D eigenvalue weighted by Gasteiger charge is -2.32. The quantitative estimate of drug-likeness (QED) is 0.214. The average molecular weight is 669 g/mol. The molecule has 4 aromatic rings. The van der Waals surface area contributed by atoms with Gasteiger partial charge in [0.25, 0.3) is 0 Å². The first-order valence-corrected chi connectivity index (χ1v) is 16.6. The minimum atomic E-state index is -1.53. The molecule has 3 N–H and O–H groups in total. The molecule has 3 aliphatic heterocycles. The molecule has 0 saturated heterocycles. The van der Waals surface area contributed by atoms with Crippen LogP contribution in [0.2, 0.25) is 0 Å². The second kappa shape index (κ2) is 11.6. The van der Waals surface area contributed by atoms with Crippen molar-refractivity contribution in [2.24, 2.45) is 11.3 Å². The molecule has 12 heteroatoms. The Kier molecular flexibility index (Phi) is 7.70. The number of methoxy groups -OCH3 is 1. The molecule has 4 atom stereocenters. The smallest absolute Gasteiger partial charge is 0.360 e. The second-order valence-electron chi connectivity index (χ2n) is 14.2. The molecule has 1 spiro atoms. The number of carbonyl (C=O) groups is 3. The molecule has 256 valence electrons. The number of aromatic nitrogens is 2. The summed E-state index contributed by atoms with van der Waals surface area (Å²) < 4.78 is 24.2. The molecule has 0 aliphatic carbocycles. The zero-order valence-electron chi connectivity index (χ0n) is 28.4. The number of nitrogens with one attached hydrogen (secondary N) is 2. The van der Waals surface area contributed by atoms with Crippen LogP contribution in [0.3, 0.4) is 0 Å². The van der Waals surface area contributed by atoms with Crippen molar-refractivity contribution in [3.63, 3.8) is 0 Å². The number of ether oxygens (including phenoxy) is 2. The molecule has 2 aromatic heterocycles. The number of nitrogens with zero attached hydrogens (tertiary/aromatic N) is 2. The normalized spacial score (nSPS) is 22.5. The Morgan fingerprint density at radius 1 is 1.06 bits per heavy atom. The summed E-state index contributed by atoms with van der Waals surface area (Å²) in [6.45, 7) is 9.39. The first kappa shape index (κ1) is 32.6. The standard InChI is InChI=1S/C37H40N4O8/c1-7-36(45,8-2)26(42)17-20-15-19-13-14-25-22(16-19)37(21-11-9-10-12-23(21)39-34(37)48-25)29-27(31-38-24(18-47-31)33(44)46-6)40-32(49-29)28(35(3,4)5)41-30(20)43/h9-14,16,18,20,28,34,39,45H,7-8,15,17H2,1-6H3,(H,41,43)/t20?,28-,34+,37?/m1/s1. The van der Waals surface area contributed by atoms with Crippen molar-refractivity contribution in [3.8, 4) is 17.3 Å². The first-order valence-electron chi connectivity index (χ1n) is 16.6. The Hall–Kier alpha value is -4.97. The molecule has 0 radical (unpaired) electrons. The number of rotatable bonds is 7. The van der Waals surface area contributed by atoms with E-state index in [1.807, 2.05) is 63.2 Å². The Balaban J connectivity index is 1.49. The number of hydrogen-bond donors (Lipinski definition) is 3. The van der Waals surface area contributed by atoms with Crippen molar-refractivity contribution < 1.29 is 37.8 Å². The minimum Gasteiger partial charge on any atom is -0.469 e. The van der Waals surface area contributed by atoms with Gasteiger partial charge in [0.2, 0.25) is 17.7 Å². The Bertz CT molecular complexity index is 1970. The molecule has 0 saturated carbocycles. The van der Waals surface area contributed by atoms with Crippen LogP contribution >= 0.6 is 0 Å². The third-order valence-electron chi connectivity index (χ3n) is 10.2. The van der Waals surface area contributed by atoms with Crippen LogP contribution in [0.4, 0.5) is 5.69 Å². The van der Waals surface area contributed by atoms with Gasteiger partial charge in [0.15, 0.2) is 29.2 Å². The van der Waals surface area contributed by atoms with E-state index in [4.69, 9.17) is 23.3 Å². The molecule has 12 nitrogen and oxygen atoms in total. The lowest BCUT2D eigenvalue weighted by Crippen LogP contribution is -2.44. The number of hydrogen-bond acceptors (Lipinski definition) is 11. The number of amides is 1. The van der Waals surface area contributed by atoms with Crippen LogP contribution in [0, 0.1) is 11.3 Å². The number of fused-ring (bicyclic) bond motifs is 4. The minimum absolute atomic E-state index is 0.0308. The second-order valence-corrected chi connectivity index (χ2v) is 14.2. The van der Waals surface area contributed by atoms with E-state index in [1.165, 1.54) is 13.4 Å². The maximum Gasteiger partial charge on any atom is 0.360 e. The molecule has 0 fully saturated rings. The van der Waals surface area contributed by atoms with Crippen molar-refractivity contribution in [2.75, 3.05) is 12.4 Å². The van der Waals surface area contributed by atoms with E-state index >= 15 is 0 Å². The summed E-state index contributed by atoms with van der Waals surface area (Å²) in [6, 6.07) is 12.8. The predicted molar refractivity (Wildman–Crippen MR) is 177 cm³/mol. The lowest BCUT2D eigenvalue weighted by atomic mass is 9.72. The zero-order valence-corrected chi connectivity index (χ0v) is 28.4. The number of anilines is 1. The third-order valence-corrected chi connectivity index (χ3v) is 10.2. The van der Waals surface area contributed by atoms with Crippen LogP contribution in [0.5, 0.6) is 5.75 Å². The van der Waals surface area contributed by atoms with Gasteiger partial charge in [-0.1, -0.05) is 65.0 Å². The summed E-state index contributed by atoms with van der Waals surface area (Å²) in [5.74, 6) is -1.03. The summed E-state index contributed by atoms with van der Waals surface area (Å²) in [7, 11) is 1.26. The molecule has 49 heavy (non-hydrogen) atoms. The number of ketones is 1. The Morgan fingerprint density at radius 3 is 2.53 bits per heavy atom. The summed E-state index contributed by atoms with van der Waals surface area (Å²) in [5.41, 5.74) is 0.237. The van der Waals surface area contributed by atoms with Crippen LogP contribution in [0.15, 0.2) is 57.6 Å². The number of para-hydroxylation sites is 1. The number of benzene rings is 2. The van der Waals surface area contributed by atoms with Gasteiger partial charge in [-0.25, -0.2) is 14.8 Å². The molecule has 4 bridgehead atoms. The van der Waals surface area contributed by atoms with Crippen LogP contribution < -0.4 is 15.4 Å². The summed E-state index contributed by atoms with van der Waals surface area (Å²) >= 11 is 0. The highest BCUT2D eigenvalue weighted by Crippen LogP contribution is 2.59. The fraction of sp³-hybridized carbons (Fsp3) is 0.432. The number of carbonyl (C=O) groups excluding carboxylic acids is 3. The van der Waals surface area contributed by atoms with Crippen molar-refractivity contribution >= 4 is 23.3 Å². The maximum atomic E-state index is 14.3. The van der Waals surface area contributed by atoms with Crippen LogP contribution in [0.25, 0.3) is 11.6 Å². The monoisotopic (exact) mass is 668 g/mol. The van der Waals surface area contributed by atoms with E-state index in [1.54, 1.807) is 13.8 Å². The largest absolute Gasteiger partial charge is 0.469 e.